The summed E-state index contributed by atoms with van der Waals surface area (Å²) in [5.41, 5.74) is 2.17. The highest BCUT2D eigenvalue weighted by molar-refractivity contribution is 6.33. The summed E-state index contributed by atoms with van der Waals surface area (Å²) in [5, 5.41) is 8.63. The van der Waals surface area contributed by atoms with E-state index in [-0.39, 0.29) is 12.2 Å². The monoisotopic (exact) mass is 369 g/mol. The number of rotatable bonds is 4. The number of halogens is 1. The largest absolute Gasteiger partial charge is 0.350 e. The van der Waals surface area contributed by atoms with Gasteiger partial charge in [-0.05, 0) is 23.6 Å². The van der Waals surface area contributed by atoms with Crippen molar-refractivity contribution in [1.82, 2.24) is 24.3 Å². The van der Waals surface area contributed by atoms with E-state index in [2.05, 4.69) is 29.1 Å². The highest BCUT2D eigenvalue weighted by atomic mass is 35.5. The Balaban J connectivity index is 1.62. The molecule has 26 heavy (non-hydrogen) atoms. The summed E-state index contributed by atoms with van der Waals surface area (Å²) in [4.78, 5) is 16.7. The molecule has 0 bridgehead atoms. The molecule has 0 spiro atoms. The van der Waals surface area contributed by atoms with Crippen LogP contribution in [0.4, 0.5) is 0 Å². The minimum Gasteiger partial charge on any atom is -0.337 e. The van der Waals surface area contributed by atoms with Gasteiger partial charge in [0.25, 0.3) is 0 Å². The van der Waals surface area contributed by atoms with Gasteiger partial charge in [-0.3, -0.25) is 0 Å². The molecule has 0 fully saturated rings. The second kappa shape index (κ2) is 6.42. The van der Waals surface area contributed by atoms with E-state index in [1.54, 1.807) is 18.3 Å². The van der Waals surface area contributed by atoms with Gasteiger partial charge in [-0.1, -0.05) is 54.9 Å². The van der Waals surface area contributed by atoms with Crippen LogP contribution in [0.3, 0.4) is 0 Å². The zero-order valence-electron chi connectivity index (χ0n) is 14.3. The Hall–Kier alpha value is -2.93. The predicted molar refractivity (Wildman–Crippen MR) is 97.4 cm³/mol. The summed E-state index contributed by atoms with van der Waals surface area (Å²) in [5.74, 6) is 1.23. The number of nitrogens with zero attached hydrogens (tertiary/aromatic N) is 5. The van der Waals surface area contributed by atoms with Crippen LogP contribution in [0.1, 0.15) is 31.2 Å². The molecule has 0 unspecified atom stereocenters. The second-order valence-electron chi connectivity index (χ2n) is 6.28. The fraction of sp³-hybridized carbons (Fsp3) is 0.222. The standard InChI is InChI=1S/C18H16ClN5O2/c1-11(2)12-5-7-13(8-6-12)16-20-15(26-22-16)10-24-18(25)23-9-3-4-14(19)17(23)21-24/h3-9,11H,10H2,1-2H3. The van der Waals surface area contributed by atoms with E-state index in [4.69, 9.17) is 16.1 Å². The number of hydrogen-bond acceptors (Lipinski definition) is 5. The molecule has 0 saturated carbocycles. The fourth-order valence-corrected chi connectivity index (χ4v) is 2.89. The second-order valence-corrected chi connectivity index (χ2v) is 6.69. The Morgan fingerprint density at radius 1 is 1.19 bits per heavy atom. The molecule has 0 aliphatic rings. The van der Waals surface area contributed by atoms with Gasteiger partial charge in [0, 0.05) is 11.8 Å². The average Bonchev–Trinajstić information content (AvgIpc) is 3.22. The molecule has 0 radical (unpaired) electrons. The predicted octanol–water partition coefficient (Wildman–Crippen LogP) is 3.37. The normalized spacial score (nSPS) is 11.5. The Labute approximate surface area is 153 Å². The first-order valence-corrected chi connectivity index (χ1v) is 8.57. The van der Waals surface area contributed by atoms with Gasteiger partial charge in [0.05, 0.1) is 5.02 Å². The minimum atomic E-state index is -0.316. The first kappa shape index (κ1) is 16.5. The average molecular weight is 370 g/mol. The van der Waals surface area contributed by atoms with E-state index < -0.39 is 0 Å². The van der Waals surface area contributed by atoms with Gasteiger partial charge in [-0.15, -0.1) is 5.10 Å². The maximum atomic E-state index is 12.4. The third-order valence-corrected chi connectivity index (χ3v) is 4.45. The van der Waals surface area contributed by atoms with Gasteiger partial charge in [0.1, 0.15) is 6.54 Å². The summed E-state index contributed by atoms with van der Waals surface area (Å²) in [6, 6.07) is 11.4. The van der Waals surface area contributed by atoms with Gasteiger partial charge in [-0.25, -0.2) is 13.9 Å². The van der Waals surface area contributed by atoms with E-state index in [1.165, 1.54) is 14.6 Å². The molecule has 132 valence electrons. The molecular weight excluding hydrogens is 354 g/mol. The van der Waals surface area contributed by atoms with Gasteiger partial charge in [0.2, 0.25) is 11.7 Å². The van der Waals surface area contributed by atoms with Crippen molar-refractivity contribution < 1.29 is 4.52 Å². The number of pyridine rings is 1. The smallest absolute Gasteiger partial charge is 0.337 e. The van der Waals surface area contributed by atoms with Crippen LogP contribution < -0.4 is 5.69 Å². The SMILES string of the molecule is CC(C)c1ccc(-c2noc(Cn3nc4c(Cl)cccn4c3=O)n2)cc1. The van der Waals surface area contributed by atoms with Crippen molar-refractivity contribution in [3.8, 4) is 11.4 Å². The zero-order chi connectivity index (χ0) is 18.3. The lowest BCUT2D eigenvalue weighted by Gasteiger charge is -2.04. The first-order chi connectivity index (χ1) is 12.5. The van der Waals surface area contributed by atoms with Crippen LogP contribution in [0.2, 0.25) is 5.02 Å². The lowest BCUT2D eigenvalue weighted by Crippen LogP contribution is -2.21. The highest BCUT2D eigenvalue weighted by Gasteiger charge is 2.14. The molecule has 0 atom stereocenters. The fourth-order valence-electron chi connectivity index (χ4n) is 2.69. The molecule has 7 nitrogen and oxygen atoms in total. The topological polar surface area (TPSA) is 78.2 Å². The zero-order valence-corrected chi connectivity index (χ0v) is 15.0. The van der Waals surface area contributed by atoms with Gasteiger partial charge >= 0.3 is 5.69 Å². The Kier molecular flexibility index (Phi) is 4.08. The molecular formula is C18H16ClN5O2. The van der Waals surface area contributed by atoms with Gasteiger partial charge in [0.15, 0.2) is 5.65 Å². The number of benzene rings is 1. The van der Waals surface area contributed by atoms with Crippen molar-refractivity contribution >= 4 is 17.2 Å². The quantitative estimate of drug-likeness (QED) is 0.551. The lowest BCUT2D eigenvalue weighted by atomic mass is 10.0. The molecule has 0 saturated heterocycles. The molecule has 3 aromatic heterocycles. The molecule has 8 heteroatoms. The summed E-state index contributed by atoms with van der Waals surface area (Å²) >= 11 is 6.08. The summed E-state index contributed by atoms with van der Waals surface area (Å²) in [6.07, 6.45) is 1.61. The van der Waals surface area contributed by atoms with Crippen molar-refractivity contribution in [1.29, 1.82) is 0 Å². The van der Waals surface area contributed by atoms with Crippen LogP contribution >= 0.6 is 11.6 Å². The maximum Gasteiger partial charge on any atom is 0.350 e. The van der Waals surface area contributed by atoms with Crippen LogP contribution in [0.15, 0.2) is 51.9 Å². The molecule has 3 heterocycles. The molecule has 0 N–H and O–H groups in total. The Morgan fingerprint density at radius 3 is 2.65 bits per heavy atom. The Morgan fingerprint density at radius 2 is 1.96 bits per heavy atom. The lowest BCUT2D eigenvalue weighted by molar-refractivity contribution is 0.364. The van der Waals surface area contributed by atoms with E-state index in [0.29, 0.717) is 28.3 Å². The summed E-state index contributed by atoms with van der Waals surface area (Å²) in [7, 11) is 0. The number of fused-ring (bicyclic) bond motifs is 1. The van der Waals surface area contributed by atoms with Crippen molar-refractivity contribution in [2.75, 3.05) is 0 Å². The maximum absolute atomic E-state index is 12.4. The van der Waals surface area contributed by atoms with Crippen molar-refractivity contribution in [2.24, 2.45) is 0 Å². The summed E-state index contributed by atoms with van der Waals surface area (Å²) in [6.45, 7) is 4.36. The van der Waals surface area contributed by atoms with E-state index in [9.17, 15) is 4.79 Å². The van der Waals surface area contributed by atoms with Crippen molar-refractivity contribution in [2.45, 2.75) is 26.3 Å². The van der Waals surface area contributed by atoms with Gasteiger partial charge in [-0.2, -0.15) is 4.98 Å². The van der Waals surface area contributed by atoms with E-state index in [1.807, 2.05) is 24.3 Å². The van der Waals surface area contributed by atoms with Crippen LogP contribution in [0.5, 0.6) is 0 Å². The Bertz CT molecular complexity index is 1120. The molecule has 4 aromatic rings. The number of aromatic nitrogens is 5. The first-order valence-electron chi connectivity index (χ1n) is 8.19. The highest BCUT2D eigenvalue weighted by Crippen LogP contribution is 2.20. The molecule has 4 rings (SSSR count). The molecule has 0 amide bonds. The summed E-state index contributed by atoms with van der Waals surface area (Å²) < 4.78 is 7.91. The molecule has 0 aliphatic carbocycles. The van der Waals surface area contributed by atoms with Crippen molar-refractivity contribution in [3.05, 3.63) is 69.6 Å². The third-order valence-electron chi connectivity index (χ3n) is 4.15. The van der Waals surface area contributed by atoms with Crippen LogP contribution in [0, 0.1) is 0 Å². The third kappa shape index (κ3) is 2.90. The van der Waals surface area contributed by atoms with Crippen LogP contribution in [-0.2, 0) is 6.54 Å². The van der Waals surface area contributed by atoms with Crippen LogP contribution in [0.25, 0.3) is 17.0 Å². The minimum absolute atomic E-state index is 0.0773. The number of hydrogen-bond donors (Lipinski definition) is 0. The van der Waals surface area contributed by atoms with E-state index >= 15 is 0 Å². The molecule has 1 aromatic carbocycles. The molecule has 0 aliphatic heterocycles. The van der Waals surface area contributed by atoms with Gasteiger partial charge < -0.3 is 4.52 Å². The van der Waals surface area contributed by atoms with Crippen molar-refractivity contribution in [3.63, 3.8) is 0 Å². The van der Waals surface area contributed by atoms with Crippen LogP contribution in [-0.4, -0.2) is 24.3 Å². The van der Waals surface area contributed by atoms with E-state index in [0.717, 1.165) is 5.56 Å².